The van der Waals surface area contributed by atoms with Gasteiger partial charge in [-0.3, -0.25) is 19.0 Å². The molecule has 3 heterocycles. The molecule has 0 radical (unpaired) electrons. The fraction of sp³-hybridized carbons (Fsp3) is 0.500. The van der Waals surface area contributed by atoms with Gasteiger partial charge < -0.3 is 29.7 Å². The minimum absolute atomic E-state index is 0.0541. The Labute approximate surface area is 169 Å². The van der Waals surface area contributed by atoms with Crippen LogP contribution in [0.25, 0.3) is 11.2 Å². The number of ether oxygens (including phenoxy) is 4. The minimum Gasteiger partial charge on any atom is -0.456 e. The largest absolute Gasteiger partial charge is 0.456 e. The molecule has 0 saturated carbocycles. The molecular weight excluding hydrogens is 406 g/mol. The Morgan fingerprint density at radius 3 is 2.41 bits per heavy atom. The van der Waals surface area contributed by atoms with Crippen molar-refractivity contribution in [3.05, 3.63) is 11.0 Å². The van der Waals surface area contributed by atoms with Crippen LogP contribution >= 0.6 is 12.2 Å². The van der Waals surface area contributed by atoms with Crippen LogP contribution < -0.4 is 5.73 Å². The van der Waals surface area contributed by atoms with Gasteiger partial charge in [0.15, 0.2) is 35.1 Å². The first kappa shape index (κ1) is 20.7. The number of aromatic amines is 1. The second-order valence-corrected chi connectivity index (χ2v) is 6.68. The first-order valence-corrected chi connectivity index (χ1v) is 8.93. The van der Waals surface area contributed by atoms with Gasteiger partial charge in [-0.1, -0.05) is 12.2 Å². The molecular formula is C16H19N5O7S. The van der Waals surface area contributed by atoms with E-state index in [9.17, 15) is 14.4 Å². The number of hydrogen-bond donors (Lipinski definition) is 2. The zero-order chi connectivity index (χ0) is 21.3. The van der Waals surface area contributed by atoms with Gasteiger partial charge in [0.25, 0.3) is 0 Å². The maximum atomic E-state index is 11.8. The van der Waals surface area contributed by atoms with E-state index in [1.54, 1.807) is 0 Å². The van der Waals surface area contributed by atoms with Crippen LogP contribution in [0.3, 0.4) is 0 Å². The lowest BCUT2D eigenvalue weighted by atomic mass is 10.0. The van der Waals surface area contributed by atoms with Crippen molar-refractivity contribution < 1.29 is 33.3 Å². The molecule has 29 heavy (non-hydrogen) atoms. The van der Waals surface area contributed by atoms with Crippen LogP contribution in [-0.4, -0.2) is 62.3 Å². The lowest BCUT2D eigenvalue weighted by Gasteiger charge is -2.40. The highest BCUT2D eigenvalue weighted by atomic mass is 32.1. The normalized spacial score (nSPS) is 24.1. The standard InChI is InChI=1S/C16H19N5O7S/c1-6(22)26-9-4-25-15(12(28-8(3)24)11(9)27-7(2)23)21-5-18-10-13(21)19-16(17)20-14(10)29/h5,9,11-12,15H,4H2,1-3H3,(H3,17,19,20,29)/t9-,11-,12-,15-/m1/s1. The van der Waals surface area contributed by atoms with Crippen molar-refractivity contribution in [2.75, 3.05) is 12.3 Å². The molecule has 1 aliphatic rings. The Morgan fingerprint density at radius 2 is 1.79 bits per heavy atom. The fourth-order valence-electron chi connectivity index (χ4n) is 3.11. The van der Waals surface area contributed by atoms with Crippen molar-refractivity contribution in [2.45, 2.75) is 45.3 Å². The number of aromatic nitrogens is 4. The number of hydrogen-bond acceptors (Lipinski definition) is 11. The maximum Gasteiger partial charge on any atom is 0.303 e. The monoisotopic (exact) mass is 425 g/mol. The summed E-state index contributed by atoms with van der Waals surface area (Å²) >= 11 is 5.16. The molecule has 0 amide bonds. The molecule has 12 nitrogen and oxygen atoms in total. The lowest BCUT2D eigenvalue weighted by Crippen LogP contribution is -2.55. The molecule has 4 atom stereocenters. The van der Waals surface area contributed by atoms with Gasteiger partial charge in [0, 0.05) is 20.8 Å². The van der Waals surface area contributed by atoms with Crippen molar-refractivity contribution in [1.82, 2.24) is 19.5 Å². The maximum absolute atomic E-state index is 11.8. The van der Waals surface area contributed by atoms with Gasteiger partial charge in [0.1, 0.15) is 11.2 Å². The van der Waals surface area contributed by atoms with Gasteiger partial charge in [0.2, 0.25) is 0 Å². The summed E-state index contributed by atoms with van der Waals surface area (Å²) in [7, 11) is 0. The van der Waals surface area contributed by atoms with E-state index in [0.29, 0.717) is 11.2 Å². The summed E-state index contributed by atoms with van der Waals surface area (Å²) in [6, 6.07) is 0. The van der Waals surface area contributed by atoms with E-state index in [4.69, 9.17) is 36.9 Å². The van der Waals surface area contributed by atoms with Crippen molar-refractivity contribution in [1.29, 1.82) is 0 Å². The molecule has 3 N–H and O–H groups in total. The van der Waals surface area contributed by atoms with E-state index in [2.05, 4.69) is 15.0 Å². The van der Waals surface area contributed by atoms with Crippen LogP contribution in [0.4, 0.5) is 5.95 Å². The van der Waals surface area contributed by atoms with Crippen molar-refractivity contribution in [3.8, 4) is 0 Å². The van der Waals surface area contributed by atoms with E-state index in [0.717, 1.165) is 0 Å². The van der Waals surface area contributed by atoms with Crippen LogP contribution in [0.1, 0.15) is 27.0 Å². The van der Waals surface area contributed by atoms with Crippen LogP contribution in [0.15, 0.2) is 6.33 Å². The third-order valence-electron chi connectivity index (χ3n) is 4.06. The van der Waals surface area contributed by atoms with Crippen LogP contribution in [0.2, 0.25) is 0 Å². The number of nitrogens with two attached hydrogens (primary N) is 1. The minimum atomic E-state index is -1.15. The second kappa shape index (κ2) is 8.13. The predicted molar refractivity (Wildman–Crippen MR) is 98.8 cm³/mol. The van der Waals surface area contributed by atoms with Crippen LogP contribution in [-0.2, 0) is 33.3 Å². The molecule has 2 aromatic heterocycles. The van der Waals surface area contributed by atoms with E-state index in [-0.39, 0.29) is 17.2 Å². The quantitative estimate of drug-likeness (QED) is 0.396. The van der Waals surface area contributed by atoms with Gasteiger partial charge in [-0.05, 0) is 0 Å². The SMILES string of the molecule is CC(=O)O[C@@H]1[C@H](OC(C)=O)[C@H](OC(C)=O)CO[C@H]1n1cnc2c(=S)nc(N)[nH]c21. The van der Waals surface area contributed by atoms with Crippen LogP contribution in [0.5, 0.6) is 0 Å². The Morgan fingerprint density at radius 1 is 1.17 bits per heavy atom. The zero-order valence-electron chi connectivity index (χ0n) is 15.8. The van der Waals surface area contributed by atoms with Gasteiger partial charge in [0.05, 0.1) is 12.9 Å². The third kappa shape index (κ3) is 4.35. The van der Waals surface area contributed by atoms with Crippen molar-refractivity contribution in [2.24, 2.45) is 0 Å². The number of esters is 3. The highest BCUT2D eigenvalue weighted by Crippen LogP contribution is 2.32. The molecule has 2 aromatic rings. The number of H-pyrrole nitrogens is 1. The van der Waals surface area contributed by atoms with Gasteiger partial charge in [-0.25, -0.2) is 9.97 Å². The summed E-state index contributed by atoms with van der Waals surface area (Å²) in [4.78, 5) is 45.8. The van der Waals surface area contributed by atoms with E-state index >= 15 is 0 Å². The van der Waals surface area contributed by atoms with Gasteiger partial charge in [-0.15, -0.1) is 0 Å². The number of carbonyl (C=O) groups is 3. The summed E-state index contributed by atoms with van der Waals surface area (Å²) in [6.07, 6.45) is -2.82. The fourth-order valence-corrected chi connectivity index (χ4v) is 3.35. The lowest BCUT2D eigenvalue weighted by molar-refractivity contribution is -0.239. The summed E-state index contributed by atoms with van der Waals surface area (Å²) in [5, 5.41) is 0. The Kier molecular flexibility index (Phi) is 5.79. The Bertz CT molecular complexity index is 1020. The van der Waals surface area contributed by atoms with Gasteiger partial charge in [-0.2, -0.15) is 0 Å². The van der Waals surface area contributed by atoms with Crippen LogP contribution in [0, 0.1) is 4.64 Å². The van der Waals surface area contributed by atoms with E-state index < -0.39 is 42.4 Å². The van der Waals surface area contributed by atoms with Crippen molar-refractivity contribution in [3.63, 3.8) is 0 Å². The average molecular weight is 425 g/mol. The molecule has 1 saturated heterocycles. The topological polar surface area (TPSA) is 161 Å². The summed E-state index contributed by atoms with van der Waals surface area (Å²) < 4.78 is 23.4. The first-order chi connectivity index (χ1) is 13.7. The smallest absolute Gasteiger partial charge is 0.303 e. The number of rotatable bonds is 4. The number of anilines is 1. The first-order valence-electron chi connectivity index (χ1n) is 8.53. The predicted octanol–water partition coefficient (Wildman–Crippen LogP) is 0.395. The molecule has 0 bridgehead atoms. The van der Waals surface area contributed by atoms with Crippen molar-refractivity contribution >= 4 is 47.2 Å². The summed E-state index contributed by atoms with van der Waals surface area (Å²) in [5.41, 5.74) is 6.47. The molecule has 1 fully saturated rings. The molecule has 0 aliphatic carbocycles. The number of carbonyl (C=O) groups excluding carboxylic acids is 3. The second-order valence-electron chi connectivity index (χ2n) is 6.30. The molecule has 0 aromatic carbocycles. The number of imidazole rings is 1. The molecule has 0 spiro atoms. The Hall–Kier alpha value is -3.06. The highest BCUT2D eigenvalue weighted by Gasteiger charge is 2.48. The number of nitrogens with zero attached hydrogens (tertiary/aromatic N) is 3. The summed E-state index contributed by atoms with van der Waals surface area (Å²) in [5.74, 6) is -1.85. The highest BCUT2D eigenvalue weighted by molar-refractivity contribution is 7.71. The average Bonchev–Trinajstić information content (AvgIpc) is 3.00. The number of nitrogen functional groups attached to an aromatic ring is 1. The Balaban J connectivity index is 2.07. The van der Waals surface area contributed by atoms with Gasteiger partial charge >= 0.3 is 17.9 Å². The third-order valence-corrected chi connectivity index (χ3v) is 4.35. The molecule has 3 rings (SSSR count). The van der Waals surface area contributed by atoms with E-state index in [1.165, 1.54) is 31.7 Å². The van der Waals surface area contributed by atoms with E-state index in [1.807, 2.05) is 0 Å². The number of fused-ring (bicyclic) bond motifs is 1. The number of nitrogens with one attached hydrogen (secondary N) is 1. The molecule has 156 valence electrons. The molecule has 0 unspecified atom stereocenters. The summed E-state index contributed by atoms with van der Waals surface area (Å²) in [6.45, 7) is 3.47. The molecule has 13 heteroatoms. The zero-order valence-corrected chi connectivity index (χ0v) is 16.6. The molecule has 1 aliphatic heterocycles.